The first kappa shape index (κ1) is 18.4. The minimum absolute atomic E-state index is 0.0455. The van der Waals surface area contributed by atoms with Crippen LogP contribution in [0.5, 0.6) is 0 Å². The van der Waals surface area contributed by atoms with E-state index < -0.39 is 22.2 Å². The van der Waals surface area contributed by atoms with E-state index in [1.54, 1.807) is 25.1 Å². The largest absolute Gasteiger partial charge is 0.461 e. The summed E-state index contributed by atoms with van der Waals surface area (Å²) in [6.07, 6.45) is 0.138. The molecule has 1 heterocycles. The number of hydrogen-bond donors (Lipinski definition) is 0. The first-order valence-corrected chi connectivity index (χ1v) is 8.07. The molecule has 1 aromatic heterocycles. The summed E-state index contributed by atoms with van der Waals surface area (Å²) in [7, 11) is 0. The Labute approximate surface area is 144 Å². The van der Waals surface area contributed by atoms with Crippen LogP contribution in [0.1, 0.15) is 32.8 Å². The SMILES string of the molecule is CCC(=O)OCc1c([N+](=O)[O-])c(=O)oc2cc(N(CC)CC)ccc12. The normalized spacial score (nSPS) is 10.7. The fourth-order valence-electron chi connectivity index (χ4n) is 2.61. The van der Waals surface area contributed by atoms with E-state index in [4.69, 9.17) is 9.15 Å². The fourth-order valence-corrected chi connectivity index (χ4v) is 2.61. The molecular weight excluding hydrogens is 328 g/mol. The molecule has 0 aliphatic carbocycles. The van der Waals surface area contributed by atoms with Crippen LogP contribution in [0.15, 0.2) is 27.4 Å². The van der Waals surface area contributed by atoms with E-state index in [1.165, 1.54) is 0 Å². The number of hydrogen-bond acceptors (Lipinski definition) is 7. The van der Waals surface area contributed by atoms with Gasteiger partial charge in [0.1, 0.15) is 12.2 Å². The number of nitrogens with zero attached hydrogens (tertiary/aromatic N) is 2. The first-order chi connectivity index (χ1) is 11.9. The molecule has 0 amide bonds. The molecule has 0 saturated heterocycles. The van der Waals surface area contributed by atoms with Crippen molar-refractivity contribution < 1.29 is 18.9 Å². The van der Waals surface area contributed by atoms with Crippen molar-refractivity contribution in [3.8, 4) is 0 Å². The molecular formula is C17H20N2O6. The minimum Gasteiger partial charge on any atom is -0.461 e. The number of esters is 1. The number of rotatable bonds is 7. The van der Waals surface area contributed by atoms with Gasteiger partial charge in [0, 0.05) is 36.7 Å². The molecule has 8 nitrogen and oxygen atoms in total. The highest BCUT2D eigenvalue weighted by Crippen LogP contribution is 2.29. The topological polar surface area (TPSA) is 103 Å². The number of carbonyl (C=O) groups is 1. The Hall–Kier alpha value is -2.90. The van der Waals surface area contributed by atoms with Crippen LogP contribution >= 0.6 is 0 Å². The van der Waals surface area contributed by atoms with Gasteiger partial charge in [-0.15, -0.1) is 0 Å². The van der Waals surface area contributed by atoms with E-state index in [0.717, 1.165) is 18.8 Å². The van der Waals surface area contributed by atoms with Crippen LogP contribution in [0, 0.1) is 10.1 Å². The van der Waals surface area contributed by atoms with Gasteiger partial charge in [-0.25, -0.2) is 4.79 Å². The van der Waals surface area contributed by atoms with Crippen molar-refractivity contribution in [2.24, 2.45) is 0 Å². The predicted molar refractivity (Wildman–Crippen MR) is 92.8 cm³/mol. The molecule has 0 fully saturated rings. The monoisotopic (exact) mass is 348 g/mol. The summed E-state index contributed by atoms with van der Waals surface area (Å²) < 4.78 is 10.2. The van der Waals surface area contributed by atoms with Gasteiger partial charge in [-0.1, -0.05) is 6.92 Å². The van der Waals surface area contributed by atoms with Gasteiger partial charge < -0.3 is 14.1 Å². The van der Waals surface area contributed by atoms with Gasteiger partial charge in [-0.3, -0.25) is 14.9 Å². The van der Waals surface area contributed by atoms with Crippen molar-refractivity contribution in [2.45, 2.75) is 33.8 Å². The van der Waals surface area contributed by atoms with Crippen LogP contribution < -0.4 is 10.5 Å². The zero-order valence-corrected chi connectivity index (χ0v) is 14.4. The zero-order chi connectivity index (χ0) is 18.6. The molecule has 0 saturated carbocycles. The van der Waals surface area contributed by atoms with E-state index in [-0.39, 0.29) is 24.2 Å². The summed E-state index contributed by atoms with van der Waals surface area (Å²) in [6, 6.07) is 5.11. The molecule has 2 rings (SSSR count). The number of nitro groups is 1. The smallest absolute Gasteiger partial charge is 0.415 e. The molecule has 0 unspecified atom stereocenters. The highest BCUT2D eigenvalue weighted by Gasteiger charge is 2.25. The van der Waals surface area contributed by atoms with Crippen molar-refractivity contribution in [3.63, 3.8) is 0 Å². The molecule has 2 aromatic rings. The second-order valence-corrected chi connectivity index (χ2v) is 5.34. The van der Waals surface area contributed by atoms with Crippen LogP contribution in [0.3, 0.4) is 0 Å². The lowest BCUT2D eigenvalue weighted by atomic mass is 10.1. The lowest BCUT2D eigenvalue weighted by Crippen LogP contribution is -2.21. The van der Waals surface area contributed by atoms with Crippen LogP contribution in [-0.4, -0.2) is 24.0 Å². The van der Waals surface area contributed by atoms with E-state index in [0.29, 0.717) is 5.39 Å². The highest BCUT2D eigenvalue weighted by molar-refractivity contribution is 5.86. The van der Waals surface area contributed by atoms with E-state index >= 15 is 0 Å². The molecule has 0 radical (unpaired) electrons. The highest BCUT2D eigenvalue weighted by atomic mass is 16.6. The molecule has 0 bridgehead atoms. The second-order valence-electron chi connectivity index (χ2n) is 5.34. The van der Waals surface area contributed by atoms with E-state index in [9.17, 15) is 19.7 Å². The van der Waals surface area contributed by atoms with Crippen molar-refractivity contribution in [1.82, 2.24) is 0 Å². The van der Waals surface area contributed by atoms with E-state index in [1.807, 2.05) is 13.8 Å². The third-order valence-electron chi connectivity index (χ3n) is 3.95. The summed E-state index contributed by atoms with van der Waals surface area (Å²) in [6.45, 7) is 6.78. The average molecular weight is 348 g/mol. The Balaban J connectivity index is 2.64. The second kappa shape index (κ2) is 7.78. The van der Waals surface area contributed by atoms with Gasteiger partial charge in [-0.2, -0.15) is 0 Å². The summed E-state index contributed by atoms with van der Waals surface area (Å²) >= 11 is 0. The molecule has 8 heteroatoms. The van der Waals surface area contributed by atoms with Gasteiger partial charge in [0.2, 0.25) is 0 Å². The van der Waals surface area contributed by atoms with Crippen molar-refractivity contribution in [2.75, 3.05) is 18.0 Å². The lowest BCUT2D eigenvalue weighted by molar-refractivity contribution is -0.388. The lowest BCUT2D eigenvalue weighted by Gasteiger charge is -2.21. The van der Waals surface area contributed by atoms with Crippen LogP contribution in [0.4, 0.5) is 11.4 Å². The Morgan fingerprint density at radius 2 is 1.96 bits per heavy atom. The predicted octanol–water partition coefficient (Wildman–Crippen LogP) is 3.00. The minimum atomic E-state index is -1.06. The Bertz CT molecular complexity index is 854. The fraction of sp³-hybridized carbons (Fsp3) is 0.412. The van der Waals surface area contributed by atoms with Crippen molar-refractivity contribution in [1.29, 1.82) is 0 Å². The molecule has 25 heavy (non-hydrogen) atoms. The molecule has 0 spiro atoms. The molecule has 0 N–H and O–H groups in total. The van der Waals surface area contributed by atoms with Gasteiger partial charge in [0.05, 0.1) is 10.5 Å². The molecule has 0 aliphatic rings. The molecule has 0 atom stereocenters. The van der Waals surface area contributed by atoms with Crippen LogP contribution in [0.2, 0.25) is 0 Å². The molecule has 134 valence electrons. The maximum atomic E-state index is 12.1. The Morgan fingerprint density at radius 1 is 1.28 bits per heavy atom. The Kier molecular flexibility index (Phi) is 5.74. The van der Waals surface area contributed by atoms with E-state index in [2.05, 4.69) is 4.90 Å². The number of anilines is 1. The summed E-state index contributed by atoms with van der Waals surface area (Å²) in [5.74, 6) is -0.504. The molecule has 0 aliphatic heterocycles. The zero-order valence-electron chi connectivity index (χ0n) is 14.4. The van der Waals surface area contributed by atoms with Crippen LogP contribution in [0.25, 0.3) is 11.0 Å². The Morgan fingerprint density at radius 3 is 2.52 bits per heavy atom. The number of fused-ring (bicyclic) bond motifs is 1. The third kappa shape index (κ3) is 3.78. The van der Waals surface area contributed by atoms with Gasteiger partial charge >= 0.3 is 17.3 Å². The number of ether oxygens (including phenoxy) is 1. The maximum absolute atomic E-state index is 12.1. The van der Waals surface area contributed by atoms with Gasteiger partial charge in [0.25, 0.3) is 0 Å². The first-order valence-electron chi connectivity index (χ1n) is 8.07. The number of carbonyl (C=O) groups excluding carboxylic acids is 1. The number of benzene rings is 1. The van der Waals surface area contributed by atoms with Gasteiger partial charge in [0.15, 0.2) is 0 Å². The summed E-state index contributed by atoms with van der Waals surface area (Å²) in [5, 5.41) is 11.6. The quantitative estimate of drug-likeness (QED) is 0.328. The summed E-state index contributed by atoms with van der Waals surface area (Å²) in [4.78, 5) is 36.0. The third-order valence-corrected chi connectivity index (χ3v) is 3.95. The summed E-state index contributed by atoms with van der Waals surface area (Å²) in [5.41, 5.74) is -0.651. The standard InChI is InChI=1S/C17H20N2O6/c1-4-15(20)24-10-13-12-8-7-11(18(5-2)6-3)9-14(12)25-17(21)16(13)19(22)23/h7-9H,4-6,10H2,1-3H3. The van der Waals surface area contributed by atoms with Crippen LogP contribution in [-0.2, 0) is 16.1 Å². The average Bonchev–Trinajstić information content (AvgIpc) is 2.59. The van der Waals surface area contributed by atoms with Crippen molar-refractivity contribution >= 4 is 28.3 Å². The molecule has 1 aromatic carbocycles. The van der Waals surface area contributed by atoms with Crippen molar-refractivity contribution in [3.05, 3.63) is 44.3 Å². The maximum Gasteiger partial charge on any atom is 0.415 e. The van der Waals surface area contributed by atoms with Gasteiger partial charge in [-0.05, 0) is 26.0 Å².